The van der Waals surface area contributed by atoms with E-state index in [-0.39, 0.29) is 0 Å². The van der Waals surface area contributed by atoms with Crippen molar-refractivity contribution in [2.24, 2.45) is 5.10 Å². The lowest BCUT2D eigenvalue weighted by Crippen LogP contribution is -2.36. The normalized spacial score (nSPS) is 18.4. The average molecular weight is 423 g/mol. The molecular weight excluding hydrogens is 396 g/mol. The maximum Gasteiger partial charge on any atom is 0.187 e. The van der Waals surface area contributed by atoms with Crippen molar-refractivity contribution in [2.75, 3.05) is 26.3 Å². The summed E-state index contributed by atoms with van der Waals surface area (Å²) in [5.41, 5.74) is 7.98. The van der Waals surface area contributed by atoms with Crippen LogP contribution in [-0.2, 0) is 11.3 Å². The second kappa shape index (κ2) is 10.2. The number of allylic oxidation sites excluding steroid dienone is 2. The SMILES string of the molecule is S=C(NCc1ccco1)N/N=C\C1=C(N2CCOCC2)C(=Cc2ccccc2)CC1. The number of hydrazone groups is 1. The van der Waals surface area contributed by atoms with E-state index < -0.39 is 0 Å². The van der Waals surface area contributed by atoms with Crippen LogP contribution in [-0.4, -0.2) is 42.5 Å². The third-order valence-electron chi connectivity index (χ3n) is 5.13. The Morgan fingerprint density at radius 3 is 2.70 bits per heavy atom. The molecule has 1 saturated heterocycles. The standard InChI is InChI=1S/C23H26N4O2S/c30-23(24-17-21-7-4-12-29-21)26-25-16-20-9-8-19(15-18-5-2-1-3-6-18)22(20)27-10-13-28-14-11-27/h1-7,12,15-16H,8-11,13-14,17H2,(H2,24,26,30)/b19-15?,25-16-. The van der Waals surface area contributed by atoms with Crippen molar-refractivity contribution in [3.63, 3.8) is 0 Å². The molecule has 1 aromatic heterocycles. The Kier molecular flexibility index (Phi) is 6.95. The van der Waals surface area contributed by atoms with Crippen molar-refractivity contribution in [1.29, 1.82) is 0 Å². The highest BCUT2D eigenvalue weighted by molar-refractivity contribution is 7.80. The second-order valence-corrected chi connectivity index (χ2v) is 7.59. The van der Waals surface area contributed by atoms with Crippen molar-refractivity contribution in [1.82, 2.24) is 15.6 Å². The summed E-state index contributed by atoms with van der Waals surface area (Å²) in [6.45, 7) is 3.84. The predicted octanol–water partition coefficient (Wildman–Crippen LogP) is 3.69. The Hall–Kier alpha value is -2.90. The Balaban J connectivity index is 1.46. The molecule has 7 heteroatoms. The van der Waals surface area contributed by atoms with Crippen LogP contribution < -0.4 is 10.7 Å². The van der Waals surface area contributed by atoms with Gasteiger partial charge in [-0.15, -0.1) is 0 Å². The van der Waals surface area contributed by atoms with E-state index in [2.05, 4.69) is 51.1 Å². The lowest BCUT2D eigenvalue weighted by atomic mass is 10.1. The fraction of sp³-hybridized carbons (Fsp3) is 0.304. The van der Waals surface area contributed by atoms with E-state index in [1.54, 1.807) is 6.26 Å². The third-order valence-corrected chi connectivity index (χ3v) is 5.37. The Morgan fingerprint density at radius 2 is 1.93 bits per heavy atom. The quantitative estimate of drug-likeness (QED) is 0.421. The van der Waals surface area contributed by atoms with Crippen LogP contribution in [0.15, 0.2) is 75.1 Å². The van der Waals surface area contributed by atoms with Gasteiger partial charge in [0, 0.05) is 18.8 Å². The van der Waals surface area contributed by atoms with Gasteiger partial charge < -0.3 is 19.4 Å². The highest BCUT2D eigenvalue weighted by atomic mass is 32.1. The molecule has 1 aliphatic heterocycles. The molecule has 156 valence electrons. The largest absolute Gasteiger partial charge is 0.467 e. The van der Waals surface area contributed by atoms with Crippen molar-refractivity contribution in [3.8, 4) is 0 Å². The van der Waals surface area contributed by atoms with Crippen LogP contribution in [0.3, 0.4) is 0 Å². The number of thiocarbonyl (C=S) groups is 1. The van der Waals surface area contributed by atoms with Gasteiger partial charge in [0.15, 0.2) is 5.11 Å². The number of benzene rings is 1. The van der Waals surface area contributed by atoms with Gasteiger partial charge in [-0.3, -0.25) is 5.43 Å². The molecule has 0 atom stereocenters. The number of hydrogen-bond acceptors (Lipinski definition) is 5. The van der Waals surface area contributed by atoms with Crippen molar-refractivity contribution in [2.45, 2.75) is 19.4 Å². The maximum absolute atomic E-state index is 5.56. The van der Waals surface area contributed by atoms with Crippen molar-refractivity contribution >= 4 is 29.6 Å². The van der Waals surface area contributed by atoms with Crippen molar-refractivity contribution < 1.29 is 9.15 Å². The molecule has 0 saturated carbocycles. The minimum absolute atomic E-state index is 0.467. The molecular formula is C23H26N4O2S. The Labute approximate surface area is 182 Å². The molecule has 1 aliphatic carbocycles. The minimum atomic E-state index is 0.467. The van der Waals surface area contributed by atoms with E-state index in [0.717, 1.165) is 44.9 Å². The Morgan fingerprint density at radius 1 is 1.10 bits per heavy atom. The summed E-state index contributed by atoms with van der Waals surface area (Å²) in [4.78, 5) is 2.42. The smallest absolute Gasteiger partial charge is 0.187 e. The first kappa shape index (κ1) is 20.4. The molecule has 2 N–H and O–H groups in total. The molecule has 1 fully saturated rings. The van der Waals surface area contributed by atoms with E-state index in [1.807, 2.05) is 24.4 Å². The lowest BCUT2D eigenvalue weighted by Gasteiger charge is -2.31. The number of ether oxygens (including phenoxy) is 1. The molecule has 30 heavy (non-hydrogen) atoms. The number of nitrogens with zero attached hydrogens (tertiary/aromatic N) is 2. The van der Waals surface area contributed by atoms with Crippen LogP contribution >= 0.6 is 12.2 Å². The molecule has 4 rings (SSSR count). The highest BCUT2D eigenvalue weighted by Gasteiger charge is 2.25. The molecule has 0 unspecified atom stereocenters. The van der Waals surface area contributed by atoms with Crippen molar-refractivity contribution in [3.05, 3.63) is 76.9 Å². The first-order valence-electron chi connectivity index (χ1n) is 10.2. The van der Waals surface area contributed by atoms with E-state index in [4.69, 9.17) is 21.4 Å². The zero-order chi connectivity index (χ0) is 20.6. The van der Waals surface area contributed by atoms with Gasteiger partial charge in [0.1, 0.15) is 5.76 Å². The third kappa shape index (κ3) is 5.37. The van der Waals surface area contributed by atoms with Crippen LogP contribution in [0.4, 0.5) is 0 Å². The fourth-order valence-corrected chi connectivity index (χ4v) is 3.84. The van der Waals surface area contributed by atoms with Gasteiger partial charge in [0.2, 0.25) is 0 Å². The van der Waals surface area contributed by atoms with Crippen LogP contribution in [0, 0.1) is 0 Å². The number of rotatable bonds is 6. The van der Waals surface area contributed by atoms with E-state index in [0.29, 0.717) is 11.7 Å². The van der Waals surface area contributed by atoms with Crippen LogP contribution in [0.1, 0.15) is 24.2 Å². The summed E-state index contributed by atoms with van der Waals surface area (Å²) in [6.07, 6.45) is 7.80. The summed E-state index contributed by atoms with van der Waals surface area (Å²) < 4.78 is 10.8. The number of morpholine rings is 1. The molecule has 2 aromatic rings. The van der Waals surface area contributed by atoms with Gasteiger partial charge in [-0.2, -0.15) is 5.10 Å². The molecule has 2 heterocycles. The zero-order valence-electron chi connectivity index (χ0n) is 16.8. The maximum atomic E-state index is 5.56. The Bertz CT molecular complexity index is 929. The monoisotopic (exact) mass is 422 g/mol. The first-order chi connectivity index (χ1) is 14.8. The average Bonchev–Trinajstić information content (AvgIpc) is 3.44. The van der Waals surface area contributed by atoms with Crippen LogP contribution in [0.2, 0.25) is 0 Å². The molecule has 6 nitrogen and oxygen atoms in total. The number of nitrogens with one attached hydrogen (secondary N) is 2. The van der Waals surface area contributed by atoms with Gasteiger partial charge in [-0.05, 0) is 60.0 Å². The highest BCUT2D eigenvalue weighted by Crippen LogP contribution is 2.34. The predicted molar refractivity (Wildman–Crippen MR) is 123 cm³/mol. The van der Waals surface area contributed by atoms with Crippen LogP contribution in [0.25, 0.3) is 6.08 Å². The molecule has 2 aliphatic rings. The van der Waals surface area contributed by atoms with Gasteiger partial charge in [0.05, 0.1) is 32.2 Å². The van der Waals surface area contributed by atoms with E-state index in [9.17, 15) is 0 Å². The number of furan rings is 1. The van der Waals surface area contributed by atoms with Crippen LogP contribution in [0.5, 0.6) is 0 Å². The zero-order valence-corrected chi connectivity index (χ0v) is 17.7. The summed E-state index contributed by atoms with van der Waals surface area (Å²) >= 11 is 5.30. The van der Waals surface area contributed by atoms with Gasteiger partial charge in [-0.25, -0.2) is 0 Å². The number of hydrogen-bond donors (Lipinski definition) is 2. The summed E-state index contributed by atoms with van der Waals surface area (Å²) in [5, 5.41) is 7.94. The topological polar surface area (TPSA) is 62.0 Å². The molecule has 0 bridgehead atoms. The molecule has 0 amide bonds. The second-order valence-electron chi connectivity index (χ2n) is 7.19. The first-order valence-corrected chi connectivity index (χ1v) is 10.6. The molecule has 0 spiro atoms. The lowest BCUT2D eigenvalue weighted by molar-refractivity contribution is 0.0548. The summed E-state index contributed by atoms with van der Waals surface area (Å²) in [7, 11) is 0. The van der Waals surface area contributed by atoms with E-state index in [1.165, 1.54) is 22.4 Å². The van der Waals surface area contributed by atoms with Gasteiger partial charge >= 0.3 is 0 Å². The minimum Gasteiger partial charge on any atom is -0.467 e. The van der Waals surface area contributed by atoms with Gasteiger partial charge in [-0.1, -0.05) is 30.3 Å². The van der Waals surface area contributed by atoms with E-state index >= 15 is 0 Å². The molecule has 1 aromatic carbocycles. The summed E-state index contributed by atoms with van der Waals surface area (Å²) in [5.74, 6) is 0.826. The molecule has 0 radical (unpaired) electrons. The fourth-order valence-electron chi connectivity index (χ4n) is 3.71. The van der Waals surface area contributed by atoms with Gasteiger partial charge in [0.25, 0.3) is 0 Å². The summed E-state index contributed by atoms with van der Waals surface area (Å²) in [6, 6.07) is 14.2.